The number of rotatable bonds is 2. The van der Waals surface area contributed by atoms with Crippen LogP contribution >= 0.6 is 0 Å². The zero-order valence-electron chi connectivity index (χ0n) is 14.6. The molecule has 5 nitrogen and oxygen atoms in total. The summed E-state index contributed by atoms with van der Waals surface area (Å²) in [5.74, 6) is 0. The lowest BCUT2D eigenvalue weighted by molar-refractivity contribution is 0.197. The monoisotopic (exact) mass is 324 g/mol. The van der Waals surface area contributed by atoms with Crippen molar-refractivity contribution in [1.82, 2.24) is 14.7 Å². The Morgan fingerprint density at radius 2 is 2.04 bits per heavy atom. The summed E-state index contributed by atoms with van der Waals surface area (Å²) >= 11 is 0. The molecule has 0 radical (unpaired) electrons. The third-order valence-electron chi connectivity index (χ3n) is 5.50. The van der Waals surface area contributed by atoms with Gasteiger partial charge in [-0.15, -0.1) is 0 Å². The Labute approximate surface area is 142 Å². The van der Waals surface area contributed by atoms with Gasteiger partial charge in [0.2, 0.25) is 0 Å². The number of nitrogens with one attached hydrogen (secondary N) is 1. The van der Waals surface area contributed by atoms with Crippen LogP contribution in [0.15, 0.2) is 24.3 Å². The zero-order valence-corrected chi connectivity index (χ0v) is 14.6. The van der Waals surface area contributed by atoms with Crippen LogP contribution in [0.3, 0.4) is 0 Å². The van der Waals surface area contributed by atoms with Gasteiger partial charge >= 0.3 is 6.03 Å². The minimum atomic E-state index is -0.0161. The minimum Gasteiger partial charge on any atom is -0.319 e. The van der Waals surface area contributed by atoms with E-state index in [2.05, 4.69) is 41.6 Å². The first-order chi connectivity index (χ1) is 11.5. The first-order valence-electron chi connectivity index (χ1n) is 8.72. The summed E-state index contributed by atoms with van der Waals surface area (Å²) < 4.78 is 1.93. The van der Waals surface area contributed by atoms with Gasteiger partial charge in [0.05, 0.1) is 17.1 Å². The van der Waals surface area contributed by atoms with Crippen LogP contribution in [-0.4, -0.2) is 27.3 Å². The molecule has 2 heterocycles. The second-order valence-corrected chi connectivity index (χ2v) is 7.09. The standard InChI is InChI=1S/C19H24N4O/c1-4-23-14(3)17(13(2)21-23)20-18(24)22-11-15-7-5-6-8-16(15)19(12-22)9-10-19/h5-8H,4,9-12H2,1-3H3,(H,20,24). The molecule has 4 rings (SSSR count). The molecule has 1 aliphatic carbocycles. The molecule has 1 fully saturated rings. The molecule has 0 bridgehead atoms. The van der Waals surface area contributed by atoms with E-state index in [1.54, 1.807) is 0 Å². The van der Waals surface area contributed by atoms with Crippen molar-refractivity contribution in [3.05, 3.63) is 46.8 Å². The molecular formula is C19H24N4O. The smallest absolute Gasteiger partial charge is 0.319 e. The first-order valence-corrected chi connectivity index (χ1v) is 8.72. The Kier molecular flexibility index (Phi) is 3.41. The van der Waals surface area contributed by atoms with Gasteiger partial charge in [-0.05, 0) is 44.7 Å². The van der Waals surface area contributed by atoms with Gasteiger partial charge in [0.1, 0.15) is 0 Å². The normalized spacial score (nSPS) is 17.7. The summed E-state index contributed by atoms with van der Waals surface area (Å²) in [7, 11) is 0. The number of fused-ring (bicyclic) bond motifs is 2. The van der Waals surface area contributed by atoms with Crippen molar-refractivity contribution in [2.45, 2.75) is 52.1 Å². The van der Waals surface area contributed by atoms with Gasteiger partial charge in [-0.2, -0.15) is 5.10 Å². The van der Waals surface area contributed by atoms with Gasteiger partial charge in [0.25, 0.3) is 0 Å². The van der Waals surface area contributed by atoms with Crippen LogP contribution in [0.1, 0.15) is 42.3 Å². The largest absolute Gasteiger partial charge is 0.322 e. The number of hydrogen-bond acceptors (Lipinski definition) is 2. The molecule has 5 heteroatoms. The van der Waals surface area contributed by atoms with E-state index in [4.69, 9.17) is 0 Å². The molecule has 1 aliphatic heterocycles. The second-order valence-electron chi connectivity index (χ2n) is 7.09. The van der Waals surface area contributed by atoms with Crippen LogP contribution in [0.5, 0.6) is 0 Å². The molecule has 1 spiro atoms. The highest BCUT2D eigenvalue weighted by Crippen LogP contribution is 2.52. The number of benzene rings is 1. The number of nitrogens with zero attached hydrogens (tertiary/aromatic N) is 3. The summed E-state index contributed by atoms with van der Waals surface area (Å²) in [6.07, 6.45) is 2.36. The fraction of sp³-hybridized carbons (Fsp3) is 0.474. The van der Waals surface area contributed by atoms with Crippen LogP contribution in [0.4, 0.5) is 10.5 Å². The van der Waals surface area contributed by atoms with Gasteiger partial charge in [-0.25, -0.2) is 4.79 Å². The highest BCUT2D eigenvalue weighted by atomic mass is 16.2. The number of aromatic nitrogens is 2. The van der Waals surface area contributed by atoms with Gasteiger partial charge in [-0.3, -0.25) is 4.68 Å². The number of urea groups is 1. The average molecular weight is 324 g/mol. The summed E-state index contributed by atoms with van der Waals surface area (Å²) in [4.78, 5) is 14.8. The van der Waals surface area contributed by atoms with Crippen molar-refractivity contribution in [3.8, 4) is 0 Å². The van der Waals surface area contributed by atoms with E-state index in [-0.39, 0.29) is 11.4 Å². The summed E-state index contributed by atoms with van der Waals surface area (Å²) in [5.41, 5.74) is 5.67. The third kappa shape index (κ3) is 2.30. The maximum atomic E-state index is 12.9. The molecule has 2 amide bonds. The molecule has 1 aromatic carbocycles. The number of aryl methyl sites for hydroxylation is 2. The minimum absolute atomic E-state index is 0.0161. The number of hydrogen-bond donors (Lipinski definition) is 1. The van der Waals surface area contributed by atoms with E-state index in [1.165, 1.54) is 24.0 Å². The molecule has 2 aromatic rings. The number of carbonyl (C=O) groups excluding carboxylic acids is 1. The molecule has 1 aromatic heterocycles. The Morgan fingerprint density at radius 3 is 2.71 bits per heavy atom. The van der Waals surface area contributed by atoms with Crippen LogP contribution in [0, 0.1) is 13.8 Å². The quantitative estimate of drug-likeness (QED) is 0.917. The fourth-order valence-corrected chi connectivity index (χ4v) is 3.98. The van der Waals surface area contributed by atoms with Crippen LogP contribution in [0.2, 0.25) is 0 Å². The summed E-state index contributed by atoms with van der Waals surface area (Å²) in [5, 5.41) is 7.59. The second kappa shape index (κ2) is 5.36. The Hall–Kier alpha value is -2.30. The highest BCUT2D eigenvalue weighted by molar-refractivity contribution is 5.91. The highest BCUT2D eigenvalue weighted by Gasteiger charge is 2.49. The fourth-order valence-electron chi connectivity index (χ4n) is 3.98. The van der Waals surface area contributed by atoms with E-state index < -0.39 is 0 Å². The predicted octanol–water partition coefficient (Wildman–Crippen LogP) is 3.60. The molecule has 1 saturated carbocycles. The van der Waals surface area contributed by atoms with E-state index in [1.807, 2.05) is 23.4 Å². The molecule has 1 N–H and O–H groups in total. The lowest BCUT2D eigenvalue weighted by Gasteiger charge is -2.35. The van der Waals surface area contributed by atoms with Crippen molar-refractivity contribution in [3.63, 3.8) is 0 Å². The Balaban J connectivity index is 1.58. The van der Waals surface area contributed by atoms with Crippen molar-refractivity contribution in [2.75, 3.05) is 11.9 Å². The molecule has 2 aliphatic rings. The predicted molar refractivity (Wildman–Crippen MR) is 94.2 cm³/mol. The Morgan fingerprint density at radius 1 is 1.29 bits per heavy atom. The van der Waals surface area contributed by atoms with Crippen LogP contribution in [-0.2, 0) is 18.5 Å². The lowest BCUT2D eigenvalue weighted by Crippen LogP contribution is -2.43. The molecule has 126 valence electrons. The van der Waals surface area contributed by atoms with E-state index in [0.29, 0.717) is 6.54 Å². The van der Waals surface area contributed by atoms with E-state index >= 15 is 0 Å². The molecule has 0 atom stereocenters. The van der Waals surface area contributed by atoms with E-state index in [0.717, 1.165) is 30.2 Å². The van der Waals surface area contributed by atoms with E-state index in [9.17, 15) is 4.79 Å². The molecule has 0 unspecified atom stereocenters. The average Bonchev–Trinajstić information content (AvgIpc) is 3.30. The molecular weight excluding hydrogens is 300 g/mol. The van der Waals surface area contributed by atoms with Gasteiger partial charge in [-0.1, -0.05) is 24.3 Å². The lowest BCUT2D eigenvalue weighted by atomic mass is 9.87. The third-order valence-corrected chi connectivity index (χ3v) is 5.50. The van der Waals surface area contributed by atoms with Crippen molar-refractivity contribution >= 4 is 11.7 Å². The maximum absolute atomic E-state index is 12.9. The summed E-state index contributed by atoms with van der Waals surface area (Å²) in [6.45, 7) is 8.32. The van der Waals surface area contributed by atoms with Crippen molar-refractivity contribution < 1.29 is 4.79 Å². The topological polar surface area (TPSA) is 50.2 Å². The van der Waals surface area contributed by atoms with Gasteiger partial charge in [0, 0.05) is 25.0 Å². The van der Waals surface area contributed by atoms with Crippen LogP contribution < -0.4 is 5.32 Å². The SMILES string of the molecule is CCn1nc(C)c(NC(=O)N2Cc3ccccc3C3(CC3)C2)c1C. The van der Waals surface area contributed by atoms with Crippen LogP contribution in [0.25, 0.3) is 0 Å². The first kappa shape index (κ1) is 15.2. The van der Waals surface area contributed by atoms with Gasteiger partial charge < -0.3 is 10.2 Å². The molecule has 0 saturated heterocycles. The zero-order chi connectivity index (χ0) is 16.9. The Bertz CT molecular complexity index is 804. The maximum Gasteiger partial charge on any atom is 0.322 e. The number of anilines is 1. The van der Waals surface area contributed by atoms with Crippen molar-refractivity contribution in [1.29, 1.82) is 0 Å². The number of carbonyl (C=O) groups is 1. The summed E-state index contributed by atoms with van der Waals surface area (Å²) in [6, 6.07) is 8.55. The molecule has 24 heavy (non-hydrogen) atoms. The van der Waals surface area contributed by atoms with Gasteiger partial charge in [0.15, 0.2) is 0 Å². The number of amides is 2. The van der Waals surface area contributed by atoms with Crippen molar-refractivity contribution in [2.24, 2.45) is 0 Å².